The summed E-state index contributed by atoms with van der Waals surface area (Å²) in [7, 11) is 0. The Morgan fingerprint density at radius 2 is 1.94 bits per heavy atom. The fourth-order valence-corrected chi connectivity index (χ4v) is 2.21. The highest BCUT2D eigenvalue weighted by Crippen LogP contribution is 2.34. The molecule has 0 spiro atoms. The second kappa shape index (κ2) is 4.27. The molecule has 17 heavy (non-hydrogen) atoms. The maximum Gasteiger partial charge on any atom is 0.419 e. The average molecular weight is 282 g/mol. The van der Waals surface area contributed by atoms with Gasteiger partial charge >= 0.3 is 6.18 Å². The molecule has 0 bridgehead atoms. The monoisotopic (exact) mass is 281 g/mol. The van der Waals surface area contributed by atoms with Crippen LogP contribution in [0, 0.1) is 5.82 Å². The highest BCUT2D eigenvalue weighted by atomic mass is 35.5. The number of halogens is 5. The van der Waals surface area contributed by atoms with Crippen molar-refractivity contribution in [1.82, 2.24) is 4.98 Å². The zero-order chi connectivity index (χ0) is 12.6. The Kier molecular flexibility index (Phi) is 3.09. The van der Waals surface area contributed by atoms with Crippen LogP contribution in [-0.4, -0.2) is 4.98 Å². The van der Waals surface area contributed by atoms with Crippen LogP contribution >= 0.6 is 22.9 Å². The molecule has 0 atom stereocenters. The molecule has 1 aromatic heterocycles. The van der Waals surface area contributed by atoms with Gasteiger partial charge in [0.15, 0.2) is 0 Å². The summed E-state index contributed by atoms with van der Waals surface area (Å²) in [6.45, 7) is 0. The summed E-state index contributed by atoms with van der Waals surface area (Å²) in [5, 5.41) is 2.12. The SMILES string of the molecule is Fc1cc(-c2nc(Cl)cs2)ccc1C(F)(F)F. The second-order valence-corrected chi connectivity index (χ2v) is 4.41. The van der Waals surface area contributed by atoms with E-state index in [1.165, 1.54) is 11.4 Å². The van der Waals surface area contributed by atoms with E-state index in [0.717, 1.165) is 17.4 Å². The van der Waals surface area contributed by atoms with Crippen LogP contribution in [0.1, 0.15) is 5.56 Å². The average Bonchev–Trinajstić information content (AvgIpc) is 2.62. The van der Waals surface area contributed by atoms with Crippen LogP contribution in [0.4, 0.5) is 17.6 Å². The molecule has 1 heterocycles. The molecule has 1 nitrogen and oxygen atoms in total. The Morgan fingerprint density at radius 1 is 1.24 bits per heavy atom. The van der Waals surface area contributed by atoms with Gasteiger partial charge in [-0.1, -0.05) is 17.7 Å². The molecule has 2 rings (SSSR count). The van der Waals surface area contributed by atoms with Crippen LogP contribution in [0.2, 0.25) is 5.15 Å². The topological polar surface area (TPSA) is 12.9 Å². The summed E-state index contributed by atoms with van der Waals surface area (Å²) in [6, 6.07) is 2.67. The molecule has 0 amide bonds. The van der Waals surface area contributed by atoms with Crippen molar-refractivity contribution in [1.29, 1.82) is 0 Å². The lowest BCUT2D eigenvalue weighted by Gasteiger charge is -2.08. The summed E-state index contributed by atoms with van der Waals surface area (Å²) in [6.07, 6.45) is -4.69. The lowest BCUT2D eigenvalue weighted by atomic mass is 10.1. The molecule has 0 N–H and O–H groups in total. The van der Waals surface area contributed by atoms with Gasteiger partial charge in [-0.15, -0.1) is 11.3 Å². The first-order chi connectivity index (χ1) is 7.88. The number of aromatic nitrogens is 1. The normalized spacial score (nSPS) is 11.8. The maximum atomic E-state index is 13.3. The molecule has 0 fully saturated rings. The van der Waals surface area contributed by atoms with Crippen molar-refractivity contribution >= 4 is 22.9 Å². The fourth-order valence-electron chi connectivity index (χ4n) is 1.26. The van der Waals surface area contributed by atoms with Crippen LogP contribution in [0.15, 0.2) is 23.6 Å². The smallest absolute Gasteiger partial charge is 0.224 e. The van der Waals surface area contributed by atoms with Crippen LogP contribution in [-0.2, 0) is 6.18 Å². The third-order valence-corrected chi connectivity index (χ3v) is 3.21. The van der Waals surface area contributed by atoms with E-state index in [-0.39, 0.29) is 10.7 Å². The standard InChI is InChI=1S/C10H4ClF4NS/c11-8-4-17-9(16-8)5-1-2-6(7(12)3-5)10(13,14)15/h1-4H. The summed E-state index contributed by atoms with van der Waals surface area (Å²) < 4.78 is 50.2. The molecule has 1 aromatic carbocycles. The molecule has 2 aromatic rings. The second-order valence-electron chi connectivity index (χ2n) is 3.17. The van der Waals surface area contributed by atoms with E-state index in [0.29, 0.717) is 11.1 Å². The minimum Gasteiger partial charge on any atom is -0.224 e. The summed E-state index contributed by atoms with van der Waals surface area (Å²) in [4.78, 5) is 3.85. The van der Waals surface area contributed by atoms with Gasteiger partial charge in [0, 0.05) is 10.9 Å². The minimum absolute atomic E-state index is 0.227. The van der Waals surface area contributed by atoms with E-state index in [9.17, 15) is 17.6 Å². The highest BCUT2D eigenvalue weighted by molar-refractivity contribution is 7.13. The van der Waals surface area contributed by atoms with Crippen molar-refractivity contribution in [3.63, 3.8) is 0 Å². The predicted molar refractivity (Wildman–Crippen MR) is 57.5 cm³/mol. The van der Waals surface area contributed by atoms with Gasteiger partial charge in [0.1, 0.15) is 16.0 Å². The first kappa shape index (κ1) is 12.3. The van der Waals surface area contributed by atoms with Gasteiger partial charge in [0.05, 0.1) is 5.56 Å². The number of hydrogen-bond acceptors (Lipinski definition) is 2. The van der Waals surface area contributed by atoms with Gasteiger partial charge < -0.3 is 0 Å². The van der Waals surface area contributed by atoms with Gasteiger partial charge in [-0.3, -0.25) is 0 Å². The number of rotatable bonds is 1. The van der Waals surface area contributed by atoms with Crippen molar-refractivity contribution in [2.45, 2.75) is 6.18 Å². The van der Waals surface area contributed by atoms with Crippen molar-refractivity contribution in [3.8, 4) is 10.6 Å². The molecule has 90 valence electrons. The number of nitrogens with zero attached hydrogens (tertiary/aromatic N) is 1. The summed E-state index contributed by atoms with van der Waals surface area (Å²) in [5.74, 6) is -1.32. The zero-order valence-electron chi connectivity index (χ0n) is 8.05. The number of hydrogen-bond donors (Lipinski definition) is 0. The molecular formula is C10H4ClF4NS. The fraction of sp³-hybridized carbons (Fsp3) is 0.100. The maximum absolute atomic E-state index is 13.3. The number of thiazole rings is 1. The van der Waals surface area contributed by atoms with Gasteiger partial charge in [0.25, 0.3) is 0 Å². The number of alkyl halides is 3. The third kappa shape index (κ3) is 2.58. The molecule has 0 saturated carbocycles. The first-order valence-corrected chi connectivity index (χ1v) is 5.62. The Hall–Kier alpha value is -1.14. The molecule has 0 radical (unpaired) electrons. The lowest BCUT2D eigenvalue weighted by Crippen LogP contribution is -2.07. The van der Waals surface area contributed by atoms with E-state index < -0.39 is 17.6 Å². The lowest BCUT2D eigenvalue weighted by molar-refractivity contribution is -0.139. The first-order valence-electron chi connectivity index (χ1n) is 4.36. The van der Waals surface area contributed by atoms with Crippen molar-refractivity contribution in [2.75, 3.05) is 0 Å². The molecule has 7 heteroatoms. The van der Waals surface area contributed by atoms with Gasteiger partial charge in [-0.25, -0.2) is 9.37 Å². The molecule has 0 aliphatic heterocycles. The van der Waals surface area contributed by atoms with Crippen molar-refractivity contribution < 1.29 is 17.6 Å². The molecule has 0 saturated heterocycles. The van der Waals surface area contributed by atoms with Gasteiger partial charge in [0.2, 0.25) is 0 Å². The quantitative estimate of drug-likeness (QED) is 0.695. The summed E-state index contributed by atoms with van der Waals surface area (Å²) in [5.41, 5.74) is -1.02. The van der Waals surface area contributed by atoms with E-state index in [2.05, 4.69) is 4.98 Å². The molecule has 0 unspecified atom stereocenters. The third-order valence-electron chi connectivity index (χ3n) is 2.00. The molecule has 0 aliphatic carbocycles. The Bertz CT molecular complexity index is 549. The van der Waals surface area contributed by atoms with E-state index in [1.807, 2.05) is 0 Å². The zero-order valence-corrected chi connectivity index (χ0v) is 9.63. The van der Waals surface area contributed by atoms with E-state index in [4.69, 9.17) is 11.6 Å². The van der Waals surface area contributed by atoms with Crippen LogP contribution in [0.25, 0.3) is 10.6 Å². The minimum atomic E-state index is -4.69. The van der Waals surface area contributed by atoms with E-state index in [1.54, 1.807) is 0 Å². The van der Waals surface area contributed by atoms with Crippen LogP contribution in [0.3, 0.4) is 0 Å². The Labute approximate surface area is 103 Å². The van der Waals surface area contributed by atoms with E-state index >= 15 is 0 Å². The van der Waals surface area contributed by atoms with Crippen molar-refractivity contribution in [3.05, 3.63) is 40.1 Å². The van der Waals surface area contributed by atoms with Crippen molar-refractivity contribution in [2.24, 2.45) is 0 Å². The predicted octanol–water partition coefficient (Wildman–Crippen LogP) is 4.62. The van der Waals surface area contributed by atoms with Gasteiger partial charge in [-0.05, 0) is 12.1 Å². The molecular weight excluding hydrogens is 278 g/mol. The van der Waals surface area contributed by atoms with Crippen LogP contribution < -0.4 is 0 Å². The number of benzene rings is 1. The van der Waals surface area contributed by atoms with Crippen LogP contribution in [0.5, 0.6) is 0 Å². The van der Waals surface area contributed by atoms with Gasteiger partial charge in [-0.2, -0.15) is 13.2 Å². The Balaban J connectivity index is 2.44. The largest absolute Gasteiger partial charge is 0.419 e. The molecule has 0 aliphatic rings. The summed E-state index contributed by atoms with van der Waals surface area (Å²) >= 11 is 6.71. The highest BCUT2D eigenvalue weighted by Gasteiger charge is 2.34. The Morgan fingerprint density at radius 3 is 2.41 bits per heavy atom.